The fourth-order valence-electron chi connectivity index (χ4n) is 2.63. The number of phenolic OH excluding ortho intramolecular Hbond substituents is 2. The van der Waals surface area contributed by atoms with Gasteiger partial charge in [-0.05, 0) is 44.6 Å². The molecule has 7 heteroatoms. The highest BCUT2D eigenvalue weighted by Crippen LogP contribution is 2.36. The maximum atomic E-state index is 12.9. The summed E-state index contributed by atoms with van der Waals surface area (Å²) in [4.78, 5) is 37.7. The van der Waals surface area contributed by atoms with Gasteiger partial charge < -0.3 is 20.1 Å². The van der Waals surface area contributed by atoms with E-state index < -0.39 is 46.7 Å². The molecule has 2 rings (SSSR count). The standard InChI is InChI=1S/C21H24O7/c1-5-11(2)20(26)28-16(8-9-21(3,4)27)12-10-15(24)17-13(22)6-7-14(23)18(17)19(12)25/h6-11,16,22-23,27H,5H2,1-4H3. The van der Waals surface area contributed by atoms with E-state index >= 15 is 0 Å². The van der Waals surface area contributed by atoms with Crippen LogP contribution >= 0.6 is 0 Å². The lowest BCUT2D eigenvalue weighted by Crippen LogP contribution is -2.30. The normalized spacial score (nSPS) is 16.5. The second-order valence-corrected chi connectivity index (χ2v) is 7.33. The summed E-state index contributed by atoms with van der Waals surface area (Å²) in [6.07, 6.45) is 2.93. The molecule has 0 aromatic heterocycles. The van der Waals surface area contributed by atoms with Gasteiger partial charge in [-0.15, -0.1) is 0 Å². The molecule has 0 heterocycles. The van der Waals surface area contributed by atoms with Crippen LogP contribution in [0.4, 0.5) is 0 Å². The maximum absolute atomic E-state index is 12.9. The van der Waals surface area contributed by atoms with E-state index in [0.717, 1.165) is 18.2 Å². The minimum atomic E-state index is -1.25. The lowest BCUT2D eigenvalue weighted by Gasteiger charge is -2.24. The highest BCUT2D eigenvalue weighted by molar-refractivity contribution is 6.27. The number of benzene rings is 1. The first-order valence-electron chi connectivity index (χ1n) is 8.94. The van der Waals surface area contributed by atoms with E-state index in [-0.39, 0.29) is 16.7 Å². The summed E-state index contributed by atoms with van der Waals surface area (Å²) in [6, 6.07) is 2.22. The fraction of sp³-hybridized carbons (Fsp3) is 0.381. The molecule has 2 atom stereocenters. The molecule has 0 spiro atoms. The molecule has 0 radical (unpaired) electrons. The van der Waals surface area contributed by atoms with E-state index in [1.807, 2.05) is 0 Å². The Morgan fingerprint density at radius 2 is 1.75 bits per heavy atom. The highest BCUT2D eigenvalue weighted by Gasteiger charge is 2.35. The van der Waals surface area contributed by atoms with Gasteiger partial charge in [0, 0.05) is 5.57 Å². The Labute approximate surface area is 163 Å². The molecule has 3 N–H and O–H groups in total. The third kappa shape index (κ3) is 4.48. The van der Waals surface area contributed by atoms with Gasteiger partial charge >= 0.3 is 5.97 Å². The number of Topliss-reactive ketones (excluding diaryl/α,β-unsaturated/α-hetero) is 1. The fourth-order valence-corrected chi connectivity index (χ4v) is 2.63. The van der Waals surface area contributed by atoms with Gasteiger partial charge in [0.1, 0.15) is 17.6 Å². The van der Waals surface area contributed by atoms with Crippen molar-refractivity contribution in [3.05, 3.63) is 47.1 Å². The van der Waals surface area contributed by atoms with Gasteiger partial charge in [-0.1, -0.05) is 19.9 Å². The minimum absolute atomic E-state index is 0.171. The Hall–Kier alpha value is -2.93. The molecular weight excluding hydrogens is 364 g/mol. The number of carbonyl (C=O) groups is 3. The van der Waals surface area contributed by atoms with Gasteiger partial charge in [0.15, 0.2) is 11.6 Å². The molecule has 0 amide bonds. The van der Waals surface area contributed by atoms with Crippen LogP contribution < -0.4 is 0 Å². The summed E-state index contributed by atoms with van der Waals surface area (Å²) < 4.78 is 5.42. The zero-order chi connectivity index (χ0) is 21.2. The van der Waals surface area contributed by atoms with Gasteiger partial charge in [-0.25, -0.2) is 0 Å². The predicted octanol–water partition coefficient (Wildman–Crippen LogP) is 2.69. The van der Waals surface area contributed by atoms with Crippen LogP contribution in [-0.2, 0) is 9.53 Å². The van der Waals surface area contributed by atoms with Crippen molar-refractivity contribution in [2.45, 2.75) is 45.8 Å². The zero-order valence-corrected chi connectivity index (χ0v) is 16.2. The predicted molar refractivity (Wildman–Crippen MR) is 101 cm³/mol. The summed E-state index contributed by atoms with van der Waals surface area (Å²) in [5.74, 6) is -3.33. The van der Waals surface area contributed by atoms with Crippen molar-refractivity contribution in [2.24, 2.45) is 5.92 Å². The van der Waals surface area contributed by atoms with E-state index in [0.29, 0.717) is 6.42 Å². The van der Waals surface area contributed by atoms with Crippen molar-refractivity contribution in [3.8, 4) is 11.5 Å². The first-order valence-corrected chi connectivity index (χ1v) is 8.94. The Bertz CT molecular complexity index is 871. The van der Waals surface area contributed by atoms with Crippen LogP contribution in [0, 0.1) is 5.92 Å². The largest absolute Gasteiger partial charge is 0.507 e. The maximum Gasteiger partial charge on any atom is 0.309 e. The lowest BCUT2D eigenvalue weighted by atomic mass is 9.85. The van der Waals surface area contributed by atoms with Crippen LogP contribution in [0.1, 0.15) is 54.8 Å². The summed E-state index contributed by atoms with van der Waals surface area (Å²) in [5, 5.41) is 29.9. The summed E-state index contributed by atoms with van der Waals surface area (Å²) >= 11 is 0. The second kappa shape index (κ2) is 7.98. The number of hydrogen-bond donors (Lipinski definition) is 3. The smallest absolute Gasteiger partial charge is 0.309 e. The van der Waals surface area contributed by atoms with Crippen LogP contribution in [0.2, 0.25) is 0 Å². The summed E-state index contributed by atoms with van der Waals surface area (Å²) in [7, 11) is 0. The van der Waals surface area contributed by atoms with Gasteiger partial charge in [-0.3, -0.25) is 14.4 Å². The zero-order valence-electron chi connectivity index (χ0n) is 16.2. The molecule has 2 unspecified atom stereocenters. The number of phenols is 2. The number of rotatable bonds is 6. The molecule has 150 valence electrons. The molecule has 0 saturated heterocycles. The van der Waals surface area contributed by atoms with Crippen molar-refractivity contribution >= 4 is 17.5 Å². The van der Waals surface area contributed by atoms with Crippen molar-refractivity contribution < 1.29 is 34.4 Å². The SMILES string of the molecule is CCC(C)C(=O)OC(C=CC(C)(C)O)C1=CC(=O)c2c(O)ccc(O)c2C1=O. The van der Waals surface area contributed by atoms with E-state index in [1.165, 1.54) is 26.0 Å². The summed E-state index contributed by atoms with van der Waals surface area (Å²) in [5.41, 5.74) is -2.06. The molecule has 1 aromatic carbocycles. The number of allylic oxidation sites excluding steroid dienone is 1. The average molecular weight is 388 g/mol. The quantitative estimate of drug-likeness (QED) is 0.389. The lowest BCUT2D eigenvalue weighted by molar-refractivity contribution is -0.149. The number of carbonyl (C=O) groups excluding carboxylic acids is 3. The molecule has 1 aromatic rings. The second-order valence-electron chi connectivity index (χ2n) is 7.33. The molecule has 1 aliphatic rings. The van der Waals surface area contributed by atoms with E-state index in [1.54, 1.807) is 13.8 Å². The number of hydrogen-bond acceptors (Lipinski definition) is 7. The van der Waals surface area contributed by atoms with Crippen LogP contribution in [0.3, 0.4) is 0 Å². The minimum Gasteiger partial charge on any atom is -0.507 e. The van der Waals surface area contributed by atoms with Crippen LogP contribution in [0.5, 0.6) is 11.5 Å². The Kier molecular flexibility index (Phi) is 6.09. The van der Waals surface area contributed by atoms with Crippen molar-refractivity contribution in [1.82, 2.24) is 0 Å². The van der Waals surface area contributed by atoms with Crippen molar-refractivity contribution in [1.29, 1.82) is 0 Å². The third-order valence-electron chi connectivity index (χ3n) is 4.43. The van der Waals surface area contributed by atoms with Crippen LogP contribution in [-0.4, -0.2) is 44.6 Å². The third-order valence-corrected chi connectivity index (χ3v) is 4.43. The number of esters is 1. The van der Waals surface area contributed by atoms with E-state index in [4.69, 9.17) is 4.74 Å². The first-order chi connectivity index (χ1) is 13.0. The number of fused-ring (bicyclic) bond motifs is 1. The molecule has 28 heavy (non-hydrogen) atoms. The van der Waals surface area contributed by atoms with E-state index in [2.05, 4.69) is 0 Å². The average Bonchev–Trinajstić information content (AvgIpc) is 2.61. The molecule has 0 aliphatic heterocycles. The van der Waals surface area contributed by atoms with Gasteiger partial charge in [0.2, 0.25) is 0 Å². The molecule has 1 aliphatic carbocycles. The van der Waals surface area contributed by atoms with Gasteiger partial charge in [0.25, 0.3) is 0 Å². The first kappa shape index (κ1) is 21.4. The Balaban J connectivity index is 2.52. The van der Waals surface area contributed by atoms with Gasteiger partial charge in [0.05, 0.1) is 22.6 Å². The van der Waals surface area contributed by atoms with Crippen molar-refractivity contribution in [2.75, 3.05) is 0 Å². The topological polar surface area (TPSA) is 121 Å². The Morgan fingerprint density at radius 1 is 1.18 bits per heavy atom. The van der Waals surface area contributed by atoms with Crippen LogP contribution in [0.15, 0.2) is 35.9 Å². The molecule has 0 bridgehead atoms. The van der Waals surface area contributed by atoms with Gasteiger partial charge in [-0.2, -0.15) is 0 Å². The van der Waals surface area contributed by atoms with E-state index in [9.17, 15) is 29.7 Å². The highest BCUT2D eigenvalue weighted by atomic mass is 16.5. The number of ether oxygens (including phenoxy) is 1. The van der Waals surface area contributed by atoms with Crippen LogP contribution in [0.25, 0.3) is 0 Å². The number of aliphatic hydroxyl groups is 1. The van der Waals surface area contributed by atoms with Crippen molar-refractivity contribution in [3.63, 3.8) is 0 Å². The molecule has 0 fully saturated rings. The number of aromatic hydroxyl groups is 2. The monoisotopic (exact) mass is 388 g/mol. The molecule has 7 nitrogen and oxygen atoms in total. The summed E-state index contributed by atoms with van der Waals surface area (Å²) in [6.45, 7) is 6.47. The Morgan fingerprint density at radius 3 is 2.29 bits per heavy atom. The molecule has 0 saturated carbocycles. The molecular formula is C21H24O7. The number of ketones is 2.